The summed E-state index contributed by atoms with van der Waals surface area (Å²) < 4.78 is 10.7. The molecule has 1 aliphatic carbocycles. The highest BCUT2D eigenvalue weighted by atomic mass is 16.5. The molecule has 1 aromatic heterocycles. The van der Waals surface area contributed by atoms with Crippen LogP contribution in [-0.2, 0) is 6.54 Å². The summed E-state index contributed by atoms with van der Waals surface area (Å²) in [7, 11) is 3.13. The maximum Gasteiger partial charge on any atom is 0.258 e. The van der Waals surface area contributed by atoms with Crippen molar-refractivity contribution in [3.8, 4) is 11.5 Å². The molecule has 1 saturated carbocycles. The van der Waals surface area contributed by atoms with Crippen molar-refractivity contribution in [1.29, 1.82) is 0 Å². The van der Waals surface area contributed by atoms with Crippen LogP contribution in [0.5, 0.6) is 11.5 Å². The lowest BCUT2D eigenvalue weighted by Crippen LogP contribution is -2.32. The Morgan fingerprint density at radius 1 is 1.17 bits per heavy atom. The largest absolute Gasteiger partial charge is 0.493 e. The van der Waals surface area contributed by atoms with Crippen LogP contribution in [0.15, 0.2) is 42.7 Å². The maximum absolute atomic E-state index is 13.1. The van der Waals surface area contributed by atoms with Crippen LogP contribution in [0.3, 0.4) is 0 Å². The summed E-state index contributed by atoms with van der Waals surface area (Å²) in [6, 6.07) is 9.56. The minimum atomic E-state index is -0.0277. The van der Waals surface area contributed by atoms with Crippen molar-refractivity contribution < 1.29 is 14.3 Å². The van der Waals surface area contributed by atoms with Crippen molar-refractivity contribution in [2.45, 2.75) is 25.4 Å². The Balaban J connectivity index is 1.90. The van der Waals surface area contributed by atoms with E-state index < -0.39 is 0 Å². The molecule has 1 aliphatic rings. The molecule has 0 saturated heterocycles. The number of para-hydroxylation sites is 1. The summed E-state index contributed by atoms with van der Waals surface area (Å²) in [6.45, 7) is 0.576. The van der Waals surface area contributed by atoms with Gasteiger partial charge in [0, 0.05) is 25.0 Å². The van der Waals surface area contributed by atoms with E-state index in [2.05, 4.69) is 4.98 Å². The first-order chi connectivity index (χ1) is 11.2. The zero-order valence-electron chi connectivity index (χ0n) is 13.4. The maximum atomic E-state index is 13.1. The molecule has 0 radical (unpaired) electrons. The number of carbonyl (C=O) groups is 1. The highest BCUT2D eigenvalue weighted by Crippen LogP contribution is 2.35. The van der Waals surface area contributed by atoms with Crippen LogP contribution in [-0.4, -0.2) is 36.1 Å². The number of ether oxygens (including phenoxy) is 2. The Morgan fingerprint density at radius 2 is 1.91 bits per heavy atom. The van der Waals surface area contributed by atoms with E-state index in [9.17, 15) is 4.79 Å². The monoisotopic (exact) mass is 312 g/mol. The van der Waals surface area contributed by atoms with Crippen LogP contribution in [0.25, 0.3) is 0 Å². The van der Waals surface area contributed by atoms with Gasteiger partial charge in [-0.3, -0.25) is 9.78 Å². The number of methoxy groups -OCH3 is 2. The van der Waals surface area contributed by atoms with E-state index in [-0.39, 0.29) is 5.91 Å². The topological polar surface area (TPSA) is 51.7 Å². The molecule has 5 heteroatoms. The normalized spacial score (nSPS) is 13.5. The van der Waals surface area contributed by atoms with Gasteiger partial charge in [-0.05, 0) is 42.7 Å². The number of rotatable bonds is 6. The number of benzene rings is 1. The van der Waals surface area contributed by atoms with Gasteiger partial charge in [-0.25, -0.2) is 0 Å². The first-order valence-electron chi connectivity index (χ1n) is 7.65. The van der Waals surface area contributed by atoms with Crippen molar-refractivity contribution in [2.24, 2.45) is 0 Å². The predicted octanol–water partition coefficient (Wildman–Crippen LogP) is 2.90. The molecule has 1 amide bonds. The van der Waals surface area contributed by atoms with E-state index in [1.54, 1.807) is 38.7 Å². The van der Waals surface area contributed by atoms with Crippen molar-refractivity contribution in [2.75, 3.05) is 14.2 Å². The average Bonchev–Trinajstić information content (AvgIpc) is 3.44. The second kappa shape index (κ2) is 6.69. The molecule has 0 spiro atoms. The molecular weight excluding hydrogens is 292 g/mol. The molecule has 5 nitrogen and oxygen atoms in total. The average molecular weight is 312 g/mol. The van der Waals surface area contributed by atoms with Gasteiger partial charge >= 0.3 is 0 Å². The summed E-state index contributed by atoms with van der Waals surface area (Å²) >= 11 is 0. The Bertz CT molecular complexity index is 684. The number of aromatic nitrogens is 1. The fourth-order valence-electron chi connectivity index (χ4n) is 2.65. The highest BCUT2D eigenvalue weighted by molar-refractivity contribution is 5.98. The SMILES string of the molecule is COc1cccc(C(=O)N(Cc2ccncc2)C2CC2)c1OC. The molecule has 0 N–H and O–H groups in total. The first kappa shape index (κ1) is 15.3. The van der Waals surface area contributed by atoms with Crippen molar-refractivity contribution in [3.05, 3.63) is 53.9 Å². The van der Waals surface area contributed by atoms with Gasteiger partial charge in [0.1, 0.15) is 0 Å². The molecule has 0 unspecified atom stereocenters. The number of hydrogen-bond donors (Lipinski definition) is 0. The third-order valence-electron chi connectivity index (χ3n) is 3.98. The number of hydrogen-bond acceptors (Lipinski definition) is 4. The van der Waals surface area contributed by atoms with Crippen LogP contribution in [0.2, 0.25) is 0 Å². The van der Waals surface area contributed by atoms with E-state index in [4.69, 9.17) is 9.47 Å². The van der Waals surface area contributed by atoms with Gasteiger partial charge in [-0.2, -0.15) is 0 Å². The van der Waals surface area contributed by atoms with Gasteiger partial charge in [-0.1, -0.05) is 6.07 Å². The lowest BCUT2D eigenvalue weighted by atomic mass is 10.1. The second-order valence-electron chi connectivity index (χ2n) is 5.56. The van der Waals surface area contributed by atoms with Crippen LogP contribution in [0.4, 0.5) is 0 Å². The van der Waals surface area contributed by atoms with E-state index in [1.807, 2.05) is 23.1 Å². The summed E-state index contributed by atoms with van der Waals surface area (Å²) in [5, 5.41) is 0. The summed E-state index contributed by atoms with van der Waals surface area (Å²) in [5.74, 6) is 1.03. The molecule has 1 fully saturated rings. The first-order valence-corrected chi connectivity index (χ1v) is 7.65. The van der Waals surface area contributed by atoms with Gasteiger partial charge in [0.25, 0.3) is 5.91 Å². The van der Waals surface area contributed by atoms with Crippen LogP contribution in [0, 0.1) is 0 Å². The lowest BCUT2D eigenvalue weighted by molar-refractivity contribution is 0.0725. The minimum absolute atomic E-state index is 0.0277. The Morgan fingerprint density at radius 3 is 2.52 bits per heavy atom. The third-order valence-corrected chi connectivity index (χ3v) is 3.98. The highest BCUT2D eigenvalue weighted by Gasteiger charge is 2.34. The van der Waals surface area contributed by atoms with Gasteiger partial charge in [0.15, 0.2) is 11.5 Å². The smallest absolute Gasteiger partial charge is 0.258 e. The Labute approximate surface area is 135 Å². The molecular formula is C18H20N2O3. The van der Waals surface area contributed by atoms with Gasteiger partial charge in [0.2, 0.25) is 0 Å². The Hall–Kier alpha value is -2.56. The molecule has 0 bridgehead atoms. The van der Waals surface area contributed by atoms with E-state index in [0.717, 1.165) is 18.4 Å². The molecule has 23 heavy (non-hydrogen) atoms. The molecule has 2 aromatic rings. The summed E-state index contributed by atoms with van der Waals surface area (Å²) in [4.78, 5) is 19.0. The zero-order valence-corrected chi connectivity index (χ0v) is 13.4. The van der Waals surface area contributed by atoms with Crippen LogP contribution >= 0.6 is 0 Å². The lowest BCUT2D eigenvalue weighted by Gasteiger charge is -2.24. The van der Waals surface area contributed by atoms with Gasteiger partial charge < -0.3 is 14.4 Å². The fraction of sp³-hybridized carbons (Fsp3) is 0.333. The van der Waals surface area contributed by atoms with Crippen LogP contribution in [0.1, 0.15) is 28.8 Å². The van der Waals surface area contributed by atoms with Crippen molar-refractivity contribution >= 4 is 5.91 Å². The number of amides is 1. The molecule has 120 valence electrons. The number of carbonyl (C=O) groups excluding carboxylic acids is 1. The third kappa shape index (κ3) is 3.28. The van der Waals surface area contributed by atoms with E-state index in [0.29, 0.717) is 29.6 Å². The van der Waals surface area contributed by atoms with Crippen molar-refractivity contribution in [1.82, 2.24) is 9.88 Å². The standard InChI is InChI=1S/C18H20N2O3/c1-22-16-5-3-4-15(17(16)23-2)18(21)20(14-6-7-14)12-13-8-10-19-11-9-13/h3-5,8-11,14H,6-7,12H2,1-2H3. The van der Waals surface area contributed by atoms with E-state index in [1.165, 1.54) is 0 Å². The summed E-state index contributed by atoms with van der Waals surface area (Å²) in [6.07, 6.45) is 5.58. The number of nitrogens with zero attached hydrogens (tertiary/aromatic N) is 2. The quantitative estimate of drug-likeness (QED) is 0.823. The van der Waals surface area contributed by atoms with E-state index >= 15 is 0 Å². The Kier molecular flexibility index (Phi) is 4.46. The molecule has 0 aliphatic heterocycles. The minimum Gasteiger partial charge on any atom is -0.493 e. The van der Waals surface area contributed by atoms with Gasteiger partial charge in [-0.15, -0.1) is 0 Å². The molecule has 1 heterocycles. The number of pyridine rings is 1. The predicted molar refractivity (Wildman–Crippen MR) is 86.7 cm³/mol. The zero-order chi connectivity index (χ0) is 16.2. The second-order valence-corrected chi connectivity index (χ2v) is 5.56. The summed E-state index contributed by atoms with van der Waals surface area (Å²) in [5.41, 5.74) is 1.61. The molecule has 3 rings (SSSR count). The van der Waals surface area contributed by atoms with Crippen molar-refractivity contribution in [3.63, 3.8) is 0 Å². The van der Waals surface area contributed by atoms with Crippen LogP contribution < -0.4 is 9.47 Å². The molecule has 0 atom stereocenters. The van der Waals surface area contributed by atoms with Gasteiger partial charge in [0.05, 0.1) is 19.8 Å². The molecule has 1 aromatic carbocycles. The fourth-order valence-corrected chi connectivity index (χ4v) is 2.65.